The molecule has 0 amide bonds. The summed E-state index contributed by atoms with van der Waals surface area (Å²) in [6.07, 6.45) is 7.65. The Hall–Kier alpha value is -1.72. The van der Waals surface area contributed by atoms with E-state index in [4.69, 9.17) is 9.47 Å². The number of carbonyl (C=O) groups is 4. The second-order valence-corrected chi connectivity index (χ2v) is 11.1. The van der Waals surface area contributed by atoms with Crippen molar-refractivity contribution in [3.05, 3.63) is 0 Å². The van der Waals surface area contributed by atoms with Gasteiger partial charge in [-0.3, -0.25) is 19.2 Å². The molecule has 0 unspecified atom stereocenters. The average Bonchev–Trinajstić information content (AvgIpc) is 3.01. The number of hydrogen-bond donors (Lipinski definition) is 0. The quantitative estimate of drug-likeness (QED) is 0.623. The molecule has 31 heavy (non-hydrogen) atoms. The van der Waals surface area contributed by atoms with Crippen molar-refractivity contribution in [1.82, 2.24) is 0 Å². The van der Waals surface area contributed by atoms with E-state index >= 15 is 0 Å². The van der Waals surface area contributed by atoms with Crippen LogP contribution < -0.4 is 0 Å². The fourth-order valence-corrected chi connectivity index (χ4v) is 7.98. The van der Waals surface area contributed by atoms with Gasteiger partial charge in [0.15, 0.2) is 12.2 Å². The summed E-state index contributed by atoms with van der Waals surface area (Å²) in [7, 11) is 0. The predicted molar refractivity (Wildman–Crippen MR) is 113 cm³/mol. The van der Waals surface area contributed by atoms with Gasteiger partial charge in [0, 0.05) is 25.7 Å². The molecule has 172 valence electrons. The van der Waals surface area contributed by atoms with Crippen LogP contribution in [0, 0.1) is 34.5 Å². The van der Waals surface area contributed by atoms with E-state index in [0.717, 1.165) is 44.9 Å². The second-order valence-electron chi connectivity index (χ2n) is 11.1. The summed E-state index contributed by atoms with van der Waals surface area (Å²) in [5, 5.41) is 0. The lowest BCUT2D eigenvalue weighted by Gasteiger charge is -2.61. The summed E-state index contributed by atoms with van der Waals surface area (Å²) >= 11 is 0. The molecular weight excluding hydrogens is 396 g/mol. The standard InChI is InChI=1S/C25H36O6/c1-15(26)30-14-22(29)25(31-16(2)27)12-11-23(3)17(13-25)5-6-18-19-7-8-21(28)24(19,4)10-9-20(18)23/h17-20H,5-14H2,1-4H3/t17-,18+,19+,20+,23+,24+,25+/m1/s1. The number of Topliss-reactive ketones (excluding diaryl/α,β-unsaturated/α-hetero) is 2. The number of carbonyl (C=O) groups excluding carboxylic acids is 4. The molecular formula is C25H36O6. The third-order valence-electron chi connectivity index (χ3n) is 9.67. The maximum atomic E-state index is 13.1. The molecule has 0 aromatic heterocycles. The Kier molecular flexibility index (Phi) is 5.58. The highest BCUT2D eigenvalue weighted by atomic mass is 16.6. The number of hydrogen-bond acceptors (Lipinski definition) is 6. The van der Waals surface area contributed by atoms with Gasteiger partial charge in [0.05, 0.1) is 0 Å². The van der Waals surface area contributed by atoms with Crippen molar-refractivity contribution in [3.63, 3.8) is 0 Å². The van der Waals surface area contributed by atoms with Crippen molar-refractivity contribution in [2.75, 3.05) is 6.61 Å². The maximum Gasteiger partial charge on any atom is 0.303 e. The van der Waals surface area contributed by atoms with E-state index in [9.17, 15) is 19.2 Å². The smallest absolute Gasteiger partial charge is 0.303 e. The summed E-state index contributed by atoms with van der Waals surface area (Å²) in [4.78, 5) is 48.8. The molecule has 4 saturated carbocycles. The number of esters is 2. The van der Waals surface area contributed by atoms with Crippen LogP contribution in [0.25, 0.3) is 0 Å². The molecule has 4 rings (SSSR count). The van der Waals surface area contributed by atoms with Crippen LogP contribution in [0.3, 0.4) is 0 Å². The average molecular weight is 433 g/mol. The van der Waals surface area contributed by atoms with Crippen molar-refractivity contribution in [2.45, 2.75) is 91.1 Å². The Morgan fingerprint density at radius 2 is 1.68 bits per heavy atom. The van der Waals surface area contributed by atoms with Crippen LogP contribution in [0.4, 0.5) is 0 Å². The highest BCUT2D eigenvalue weighted by Gasteiger charge is 2.62. The molecule has 0 aromatic carbocycles. The van der Waals surface area contributed by atoms with E-state index in [1.54, 1.807) is 0 Å². The molecule has 0 spiro atoms. The lowest BCUT2D eigenvalue weighted by molar-refractivity contribution is -0.189. The number of fused-ring (bicyclic) bond motifs is 5. The van der Waals surface area contributed by atoms with Gasteiger partial charge in [0.1, 0.15) is 5.78 Å². The third kappa shape index (κ3) is 3.54. The van der Waals surface area contributed by atoms with Crippen LogP contribution in [0.2, 0.25) is 0 Å². The molecule has 0 aromatic rings. The molecule has 0 N–H and O–H groups in total. The van der Waals surface area contributed by atoms with Crippen molar-refractivity contribution in [2.24, 2.45) is 34.5 Å². The van der Waals surface area contributed by atoms with E-state index in [-0.39, 0.29) is 29.1 Å². The van der Waals surface area contributed by atoms with Crippen molar-refractivity contribution in [1.29, 1.82) is 0 Å². The SMILES string of the molecule is CC(=O)OCC(=O)[C@]1(OC(C)=O)CC[C@@]2(C)[C@H](CC[C@@H]3[C@@H]2CC[C@]2(C)C(=O)CC[C@@H]32)C1. The maximum absolute atomic E-state index is 13.1. The first kappa shape index (κ1) is 22.5. The minimum Gasteiger partial charge on any atom is -0.458 e. The van der Waals surface area contributed by atoms with Gasteiger partial charge in [-0.1, -0.05) is 13.8 Å². The van der Waals surface area contributed by atoms with Crippen molar-refractivity contribution < 1.29 is 28.7 Å². The zero-order valence-corrected chi connectivity index (χ0v) is 19.3. The van der Waals surface area contributed by atoms with Gasteiger partial charge in [0.25, 0.3) is 0 Å². The lowest BCUT2D eigenvalue weighted by atomic mass is 9.44. The molecule has 4 fully saturated rings. The molecule has 6 nitrogen and oxygen atoms in total. The van der Waals surface area contributed by atoms with Crippen molar-refractivity contribution >= 4 is 23.5 Å². The monoisotopic (exact) mass is 432 g/mol. The zero-order valence-electron chi connectivity index (χ0n) is 19.3. The topological polar surface area (TPSA) is 86.7 Å². The summed E-state index contributed by atoms with van der Waals surface area (Å²) < 4.78 is 10.6. The minimum absolute atomic E-state index is 0.0846. The summed E-state index contributed by atoms with van der Waals surface area (Å²) in [5.41, 5.74) is -1.24. The van der Waals surface area contributed by atoms with Gasteiger partial charge in [0.2, 0.25) is 5.78 Å². The molecule has 0 saturated heterocycles. The molecule has 0 heterocycles. The van der Waals surface area contributed by atoms with Crippen LogP contribution >= 0.6 is 0 Å². The highest BCUT2D eigenvalue weighted by Crippen LogP contribution is 2.66. The molecule has 4 aliphatic carbocycles. The molecule has 7 atom stereocenters. The fraction of sp³-hybridized carbons (Fsp3) is 0.840. The third-order valence-corrected chi connectivity index (χ3v) is 9.67. The summed E-state index contributed by atoms with van der Waals surface area (Å²) in [6.45, 7) is 6.82. The number of ether oxygens (including phenoxy) is 2. The number of rotatable bonds is 4. The molecule has 0 aliphatic heterocycles. The largest absolute Gasteiger partial charge is 0.458 e. The predicted octanol–water partition coefficient (Wildman–Crippen LogP) is 4.03. The molecule has 4 aliphatic rings. The van der Waals surface area contributed by atoms with Crippen LogP contribution in [-0.2, 0) is 28.7 Å². The highest BCUT2D eigenvalue weighted by molar-refractivity contribution is 5.91. The van der Waals surface area contributed by atoms with Crippen molar-refractivity contribution in [3.8, 4) is 0 Å². The van der Waals surface area contributed by atoms with Crippen LogP contribution in [0.15, 0.2) is 0 Å². The lowest BCUT2D eigenvalue weighted by Crippen LogP contribution is -2.59. The van der Waals surface area contributed by atoms with E-state index in [0.29, 0.717) is 36.4 Å². The van der Waals surface area contributed by atoms with E-state index < -0.39 is 17.5 Å². The summed E-state index contributed by atoms with van der Waals surface area (Å²) in [5.74, 6) is 1.07. The Bertz CT molecular complexity index is 804. The van der Waals surface area contributed by atoms with Gasteiger partial charge in [-0.25, -0.2) is 0 Å². The van der Waals surface area contributed by atoms with E-state index in [1.165, 1.54) is 13.8 Å². The minimum atomic E-state index is -1.19. The normalized spacial score (nSPS) is 43.9. The van der Waals surface area contributed by atoms with Crippen LogP contribution in [0.5, 0.6) is 0 Å². The fourth-order valence-electron chi connectivity index (χ4n) is 7.98. The Morgan fingerprint density at radius 3 is 2.35 bits per heavy atom. The van der Waals surface area contributed by atoms with Gasteiger partial charge >= 0.3 is 11.9 Å². The first-order valence-corrected chi connectivity index (χ1v) is 11.9. The molecule has 6 heteroatoms. The molecule has 0 radical (unpaired) electrons. The van der Waals surface area contributed by atoms with Gasteiger partial charge in [-0.05, 0) is 80.5 Å². The van der Waals surface area contributed by atoms with Crippen LogP contribution in [-0.4, -0.2) is 35.7 Å². The summed E-state index contributed by atoms with van der Waals surface area (Å²) in [6, 6.07) is 0. The Morgan fingerprint density at radius 1 is 0.935 bits per heavy atom. The zero-order chi connectivity index (χ0) is 22.6. The van der Waals surface area contributed by atoms with E-state index in [1.807, 2.05) is 0 Å². The first-order chi connectivity index (χ1) is 14.5. The Balaban J connectivity index is 1.56. The van der Waals surface area contributed by atoms with Crippen LogP contribution in [0.1, 0.15) is 85.5 Å². The van der Waals surface area contributed by atoms with Gasteiger partial charge in [-0.15, -0.1) is 0 Å². The second kappa shape index (κ2) is 7.70. The molecule has 0 bridgehead atoms. The van der Waals surface area contributed by atoms with Gasteiger partial charge < -0.3 is 9.47 Å². The Labute approximate surface area is 184 Å². The van der Waals surface area contributed by atoms with E-state index in [2.05, 4.69) is 13.8 Å². The number of ketones is 2. The van der Waals surface area contributed by atoms with Gasteiger partial charge in [-0.2, -0.15) is 0 Å². The first-order valence-electron chi connectivity index (χ1n) is 11.9.